The number of phosphoric acid groups is 1. The molecule has 0 radical (unpaired) electrons. The quantitative estimate of drug-likeness (QED) is 0.0183. The number of aliphatic hydroxyl groups is 1. The predicted molar refractivity (Wildman–Crippen MR) is 239 cm³/mol. The molecule has 0 spiro atoms. The van der Waals surface area contributed by atoms with E-state index in [1.807, 2.05) is 67.7 Å². The van der Waals surface area contributed by atoms with Crippen LogP contribution in [0.2, 0.25) is 0 Å². The molecule has 0 aliphatic carbocycles. The van der Waals surface area contributed by atoms with Gasteiger partial charge in [0.25, 0.3) is 0 Å². The van der Waals surface area contributed by atoms with Gasteiger partial charge in [-0.3, -0.25) is 18.6 Å². The van der Waals surface area contributed by atoms with Gasteiger partial charge in [0.1, 0.15) is 6.61 Å². The van der Waals surface area contributed by atoms with Crippen LogP contribution in [0.5, 0.6) is 0 Å². The van der Waals surface area contributed by atoms with Crippen molar-refractivity contribution < 1.29 is 42.7 Å². The van der Waals surface area contributed by atoms with E-state index in [0.717, 1.165) is 57.8 Å². The Bertz CT molecular complexity index is 1420. The van der Waals surface area contributed by atoms with Crippen LogP contribution in [-0.4, -0.2) is 60.5 Å². The lowest BCUT2D eigenvalue weighted by atomic mass is 10.2. The van der Waals surface area contributed by atoms with Crippen molar-refractivity contribution in [3.8, 4) is 0 Å². The highest BCUT2D eigenvalue weighted by Crippen LogP contribution is 2.43. The van der Waals surface area contributed by atoms with Crippen LogP contribution in [-0.2, 0) is 32.7 Å². The fraction of sp³-hybridized carbons (Fsp3) is 0.489. The molecule has 324 valence electrons. The second kappa shape index (κ2) is 41.3. The number of carbonyl (C=O) groups excluding carboxylic acids is 2. The molecule has 58 heavy (non-hydrogen) atoms. The summed E-state index contributed by atoms with van der Waals surface area (Å²) in [5.74, 6) is -1.04. The van der Waals surface area contributed by atoms with E-state index < -0.39 is 38.6 Å². The van der Waals surface area contributed by atoms with Gasteiger partial charge < -0.3 is 25.2 Å². The molecule has 11 heteroatoms. The average Bonchev–Trinajstić information content (AvgIpc) is 3.21. The van der Waals surface area contributed by atoms with E-state index in [1.54, 1.807) is 0 Å². The number of nitrogens with two attached hydrogens (primary N) is 1. The first-order valence-electron chi connectivity index (χ1n) is 20.8. The summed E-state index contributed by atoms with van der Waals surface area (Å²) in [6, 6.07) is 0. The van der Waals surface area contributed by atoms with Crippen molar-refractivity contribution in [3.05, 3.63) is 134 Å². The molecule has 0 aliphatic heterocycles. The standard InChI is InChI=1S/C47H72NO9P/c1-3-5-7-8-9-10-11-12-13-14-15-16-17-18-22-25-28-31-34-38-46(50)54-42-45(43-56-58(52,53)55-41-40-48)57-47(51)39-35-32-29-26-23-20-19-21-24-27-30-33-37-44(49)36-6-4-2/h5-7,9-10,12-13,15-16,18-20,22,24,26-31,33,36,44-45,49H,3-4,8,11,14,17,21,23,25,32,34-35,37-43,48H2,1-2H3,(H,52,53)/b7-5-,10-9-,13-12-,16-15-,20-19-,22-18-,27-24-,29-26-,31-28-,33-30+,36-6-/t44?,45-/m1/s1. The third kappa shape index (κ3) is 40.3. The van der Waals surface area contributed by atoms with Crippen molar-refractivity contribution in [3.63, 3.8) is 0 Å². The summed E-state index contributed by atoms with van der Waals surface area (Å²) in [5, 5.41) is 9.76. The summed E-state index contributed by atoms with van der Waals surface area (Å²) in [5.41, 5.74) is 5.33. The minimum absolute atomic E-state index is 0.0193. The maximum absolute atomic E-state index is 12.5. The Labute approximate surface area is 349 Å². The van der Waals surface area contributed by atoms with Gasteiger partial charge in [-0.1, -0.05) is 148 Å². The maximum atomic E-state index is 12.5. The third-order valence-electron chi connectivity index (χ3n) is 7.62. The first-order chi connectivity index (χ1) is 28.2. The van der Waals surface area contributed by atoms with Crippen molar-refractivity contribution in [1.29, 1.82) is 0 Å². The number of ether oxygens (including phenoxy) is 2. The van der Waals surface area contributed by atoms with Crippen LogP contribution in [0.25, 0.3) is 0 Å². The van der Waals surface area contributed by atoms with Crippen molar-refractivity contribution in [2.75, 3.05) is 26.4 Å². The van der Waals surface area contributed by atoms with Crippen LogP contribution < -0.4 is 5.73 Å². The Kier molecular flexibility index (Phi) is 38.5. The van der Waals surface area contributed by atoms with Gasteiger partial charge in [-0.15, -0.1) is 0 Å². The lowest BCUT2D eigenvalue weighted by molar-refractivity contribution is -0.161. The molecule has 10 nitrogen and oxygen atoms in total. The highest BCUT2D eigenvalue weighted by atomic mass is 31.2. The highest BCUT2D eigenvalue weighted by molar-refractivity contribution is 7.47. The lowest BCUT2D eigenvalue weighted by Crippen LogP contribution is -2.29. The molecule has 0 amide bonds. The van der Waals surface area contributed by atoms with Crippen LogP contribution in [0.15, 0.2) is 134 Å². The van der Waals surface area contributed by atoms with Crippen molar-refractivity contribution in [2.45, 2.75) is 122 Å². The van der Waals surface area contributed by atoms with E-state index in [2.05, 4.69) is 79.8 Å². The van der Waals surface area contributed by atoms with E-state index >= 15 is 0 Å². The fourth-order valence-corrected chi connectivity index (χ4v) is 5.36. The Balaban J connectivity index is 4.47. The summed E-state index contributed by atoms with van der Waals surface area (Å²) in [4.78, 5) is 34.8. The van der Waals surface area contributed by atoms with E-state index in [9.17, 15) is 24.2 Å². The number of esters is 2. The Morgan fingerprint density at radius 1 is 0.603 bits per heavy atom. The summed E-state index contributed by atoms with van der Waals surface area (Å²) < 4.78 is 32.6. The number of phosphoric ester groups is 1. The summed E-state index contributed by atoms with van der Waals surface area (Å²) in [7, 11) is -4.43. The second-order valence-corrected chi connectivity index (χ2v) is 14.4. The van der Waals surface area contributed by atoms with Crippen LogP contribution in [0, 0.1) is 0 Å². The maximum Gasteiger partial charge on any atom is 0.472 e. The van der Waals surface area contributed by atoms with Crippen LogP contribution in [0.1, 0.15) is 110 Å². The zero-order valence-corrected chi connectivity index (χ0v) is 36.0. The topological polar surface area (TPSA) is 155 Å². The first-order valence-corrected chi connectivity index (χ1v) is 22.3. The third-order valence-corrected chi connectivity index (χ3v) is 8.60. The molecule has 0 aromatic carbocycles. The number of carbonyl (C=O) groups is 2. The van der Waals surface area contributed by atoms with Gasteiger partial charge in [0.05, 0.1) is 19.3 Å². The largest absolute Gasteiger partial charge is 0.472 e. The monoisotopic (exact) mass is 825 g/mol. The van der Waals surface area contributed by atoms with E-state index in [-0.39, 0.29) is 32.6 Å². The van der Waals surface area contributed by atoms with E-state index in [4.69, 9.17) is 24.3 Å². The van der Waals surface area contributed by atoms with Crippen LogP contribution >= 0.6 is 7.82 Å². The lowest BCUT2D eigenvalue weighted by Gasteiger charge is -2.19. The van der Waals surface area contributed by atoms with Gasteiger partial charge in [-0.25, -0.2) is 4.57 Å². The number of allylic oxidation sites excluding steroid dienone is 20. The summed E-state index contributed by atoms with van der Waals surface area (Å²) in [6.07, 6.45) is 54.2. The highest BCUT2D eigenvalue weighted by Gasteiger charge is 2.25. The molecule has 3 atom stereocenters. The molecule has 0 fully saturated rings. The predicted octanol–water partition coefficient (Wildman–Crippen LogP) is 10.9. The zero-order chi connectivity index (χ0) is 42.6. The van der Waals surface area contributed by atoms with Gasteiger partial charge in [-0.05, 0) is 83.5 Å². The SMILES string of the molecule is CC/C=C\C/C=C\C/C=C\C/C=C\C/C=C\C/C=C\CCC(=O)OC[C@H](COP(=O)(O)OCCN)OC(=O)CCC/C=C\C/C=C\C/C=C\C=C\CC(O)/C=C\CC. The molecule has 0 heterocycles. The molecular weight excluding hydrogens is 753 g/mol. The summed E-state index contributed by atoms with van der Waals surface area (Å²) >= 11 is 0. The van der Waals surface area contributed by atoms with Gasteiger partial charge in [-0.2, -0.15) is 0 Å². The molecule has 2 unspecified atom stereocenters. The molecule has 0 aromatic heterocycles. The van der Waals surface area contributed by atoms with Crippen molar-refractivity contribution >= 4 is 19.8 Å². The molecule has 0 saturated carbocycles. The van der Waals surface area contributed by atoms with E-state index in [1.165, 1.54) is 0 Å². The minimum Gasteiger partial charge on any atom is -0.462 e. The number of rotatable bonds is 36. The van der Waals surface area contributed by atoms with Crippen molar-refractivity contribution in [2.24, 2.45) is 5.73 Å². The molecule has 0 saturated heterocycles. The Hall–Kier alpha value is -3.89. The molecule has 0 aliphatic rings. The van der Waals surface area contributed by atoms with Crippen LogP contribution in [0.4, 0.5) is 0 Å². The molecule has 4 N–H and O–H groups in total. The molecule has 0 rings (SSSR count). The number of hydrogen-bond acceptors (Lipinski definition) is 9. The van der Waals surface area contributed by atoms with Gasteiger partial charge in [0.15, 0.2) is 6.10 Å². The number of hydrogen-bond donors (Lipinski definition) is 3. The molecule has 0 bridgehead atoms. The second-order valence-electron chi connectivity index (χ2n) is 12.9. The van der Waals surface area contributed by atoms with Gasteiger partial charge in [0.2, 0.25) is 0 Å². The fourth-order valence-electron chi connectivity index (χ4n) is 4.60. The minimum atomic E-state index is -4.43. The average molecular weight is 826 g/mol. The molecule has 0 aromatic rings. The first kappa shape index (κ1) is 54.1. The van der Waals surface area contributed by atoms with Gasteiger partial charge >= 0.3 is 19.8 Å². The molecular formula is C47H72NO9P. The smallest absolute Gasteiger partial charge is 0.462 e. The number of aliphatic hydroxyl groups excluding tert-OH is 1. The van der Waals surface area contributed by atoms with Crippen molar-refractivity contribution in [1.82, 2.24) is 0 Å². The normalized spacial score (nSPS) is 15.2. The number of unbranched alkanes of at least 4 members (excludes halogenated alkanes) is 1. The summed E-state index contributed by atoms with van der Waals surface area (Å²) in [6.45, 7) is 3.17. The van der Waals surface area contributed by atoms with Crippen LogP contribution in [0.3, 0.4) is 0 Å². The van der Waals surface area contributed by atoms with E-state index in [0.29, 0.717) is 25.7 Å². The Morgan fingerprint density at radius 3 is 1.66 bits per heavy atom. The van der Waals surface area contributed by atoms with Gasteiger partial charge in [0, 0.05) is 19.4 Å². The Morgan fingerprint density at radius 2 is 1.10 bits per heavy atom. The zero-order valence-electron chi connectivity index (χ0n) is 35.1.